The van der Waals surface area contributed by atoms with E-state index >= 15 is 0 Å². The molecule has 12 bridgehead atoms. The van der Waals surface area contributed by atoms with Gasteiger partial charge in [-0.05, 0) is 112 Å². The zero-order valence-electron chi connectivity index (χ0n) is 51.3. The molecule has 19 atom stereocenters. The highest BCUT2D eigenvalue weighted by atomic mass is 33.1. The quantitative estimate of drug-likeness (QED) is 0.0182. The molecule has 10 heterocycles. The Hall–Kier alpha value is -3.40. The lowest BCUT2D eigenvalue weighted by molar-refractivity contribution is -0.292. The van der Waals surface area contributed by atoms with Crippen molar-refractivity contribution in [2.75, 3.05) is 77.6 Å². The topological polar surface area (TPSA) is 253 Å². The number of anilines is 1. The van der Waals surface area contributed by atoms with Gasteiger partial charge >= 0.3 is 12.1 Å². The number of aliphatic hydroxyl groups excluding tert-OH is 1. The molecule has 1 amide bonds. The van der Waals surface area contributed by atoms with E-state index in [2.05, 4.69) is 30.1 Å². The predicted octanol–water partition coefficient (Wildman–Crippen LogP) is 9.10. The maximum Gasteiger partial charge on any atom is 0.414 e. The van der Waals surface area contributed by atoms with Gasteiger partial charge in [0.15, 0.2) is 5.79 Å². The molecule has 87 heavy (non-hydrogen) atoms. The highest BCUT2D eigenvalue weighted by Gasteiger charge is 2.69. The zero-order chi connectivity index (χ0) is 61.2. The molecule has 10 aliphatic heterocycles. The summed E-state index contributed by atoms with van der Waals surface area (Å²) in [7, 11) is 4.84. The molecule has 1 N–H and O–H groups in total. The molecule has 1 aromatic rings. The van der Waals surface area contributed by atoms with E-state index in [0.29, 0.717) is 70.0 Å². The van der Waals surface area contributed by atoms with Gasteiger partial charge in [-0.2, -0.15) is 0 Å². The van der Waals surface area contributed by atoms with Crippen molar-refractivity contribution in [2.24, 2.45) is 17.0 Å². The van der Waals surface area contributed by atoms with Gasteiger partial charge in [-0.25, -0.2) is 4.79 Å². The number of esters is 1. The number of azide groups is 1. The first kappa shape index (κ1) is 66.5. The van der Waals surface area contributed by atoms with Crippen molar-refractivity contribution in [3.8, 4) is 0 Å². The molecule has 11 rings (SSSR count). The lowest BCUT2D eigenvalue weighted by Crippen LogP contribution is -2.61. The van der Waals surface area contributed by atoms with Gasteiger partial charge in [0, 0.05) is 75.1 Å². The minimum Gasteiger partial charge on any atom is -0.461 e. The lowest BCUT2D eigenvalue weighted by atomic mass is 9.81. The van der Waals surface area contributed by atoms with E-state index in [0.717, 1.165) is 49.7 Å². The fourth-order valence-electron chi connectivity index (χ4n) is 14.3. The van der Waals surface area contributed by atoms with Crippen LogP contribution in [0.3, 0.4) is 0 Å². The van der Waals surface area contributed by atoms with Crippen molar-refractivity contribution >= 4 is 45.1 Å². The number of amides is 1. The number of benzene rings is 1. The number of hydrogen-bond donors (Lipinski definition) is 1. The van der Waals surface area contributed by atoms with Crippen molar-refractivity contribution < 1.29 is 85.8 Å². The van der Waals surface area contributed by atoms with Crippen molar-refractivity contribution in [3.05, 3.63) is 64.6 Å². The summed E-state index contributed by atoms with van der Waals surface area (Å²) in [5.41, 5.74) is 11.7. The third-order valence-corrected chi connectivity index (χ3v) is 21.3. The Morgan fingerprint density at radius 3 is 2.30 bits per heavy atom. The van der Waals surface area contributed by atoms with E-state index < -0.39 is 54.5 Å². The predicted molar refractivity (Wildman–Crippen MR) is 323 cm³/mol. The number of fused-ring (bicyclic) bond motifs is 6. The molecular weight excluding hydrogens is 1160 g/mol. The number of rotatable bonds is 25. The minimum atomic E-state index is -0.946. The fourth-order valence-corrected chi connectivity index (χ4v) is 16.4. The summed E-state index contributed by atoms with van der Waals surface area (Å²) >= 11 is 0. The maximum atomic E-state index is 14.5. The van der Waals surface area contributed by atoms with Crippen molar-refractivity contribution in [2.45, 2.75) is 232 Å². The van der Waals surface area contributed by atoms with E-state index in [9.17, 15) is 19.5 Å². The molecule has 24 heteroatoms. The van der Waals surface area contributed by atoms with Crippen molar-refractivity contribution in [3.63, 3.8) is 0 Å². The van der Waals surface area contributed by atoms with Crippen LogP contribution in [0.1, 0.15) is 123 Å². The molecule has 10 fully saturated rings. The molecule has 0 saturated carbocycles. The van der Waals surface area contributed by atoms with Crippen LogP contribution in [0.15, 0.2) is 53.7 Å². The molecule has 10 aliphatic rings. The first-order valence-corrected chi connectivity index (χ1v) is 34.1. The van der Waals surface area contributed by atoms with Gasteiger partial charge in [0.1, 0.15) is 49.5 Å². The van der Waals surface area contributed by atoms with E-state index in [1.165, 1.54) is 4.90 Å². The normalized spacial score (nSPS) is 35.9. The summed E-state index contributed by atoms with van der Waals surface area (Å²) in [4.78, 5) is 45.6. The van der Waals surface area contributed by atoms with Crippen LogP contribution in [0.5, 0.6) is 0 Å². The summed E-state index contributed by atoms with van der Waals surface area (Å²) < 4.78 is 88.8. The van der Waals surface area contributed by atoms with Crippen LogP contribution < -0.4 is 4.90 Å². The molecule has 0 radical (unpaired) electrons. The molecule has 1 spiro atoms. The average molecular weight is 1260 g/mol. The molecule has 484 valence electrons. The van der Waals surface area contributed by atoms with Gasteiger partial charge in [-0.1, -0.05) is 58.9 Å². The van der Waals surface area contributed by atoms with E-state index in [4.69, 9.17) is 71.8 Å². The monoisotopic (exact) mass is 1260 g/mol. The second-order valence-corrected chi connectivity index (χ2v) is 28.7. The number of ether oxygens (including phenoxy) is 14. The average Bonchev–Trinajstić information content (AvgIpc) is 1.60. The lowest BCUT2D eigenvalue weighted by Gasteiger charge is -2.47. The Morgan fingerprint density at radius 1 is 0.816 bits per heavy atom. The molecule has 10 saturated heterocycles. The molecule has 1 aromatic carbocycles. The van der Waals surface area contributed by atoms with E-state index in [-0.39, 0.29) is 148 Å². The molecule has 0 aromatic heterocycles. The van der Waals surface area contributed by atoms with Crippen molar-refractivity contribution in [1.29, 1.82) is 0 Å². The number of hydrogen-bond acceptors (Lipinski definition) is 21. The number of aliphatic hydroxyl groups is 1. The van der Waals surface area contributed by atoms with E-state index in [1.807, 2.05) is 20.1 Å². The Kier molecular flexibility index (Phi) is 23.6. The van der Waals surface area contributed by atoms with Gasteiger partial charge in [0.05, 0.1) is 118 Å². The standard InChI is InChI=1S/C63H92N4O18S2/c1-37-28-44-13-15-48-38(2)29-46(78-48)18-19-63-34-53-57(84-63)58-59(83-53)60(85-63)56-49(82-58)16-14-45(80-56)30-43(69)31-47-51(33-50(79-44)39(37)3)81-52(55(47)72-6)32-42(68)12-17-54(70)76-35-40-8-10-41(11-9-40)67(61(71)77-36-62(4,5)87-86-7)21-23-74-25-27-75-26-24-73-22-20-65-66-64/h8-11,37,42,44-53,55-60,68H,2-3,12-36H2,1,4-7H3/t37-,42-,44+,45?,46+,47+,48?,49+,50?,51+,52-,53?,55-,56+,57?,58+,59-,60+,63+/m1/s1. The van der Waals surface area contributed by atoms with Gasteiger partial charge < -0.3 is 71.4 Å². The van der Waals surface area contributed by atoms with Gasteiger partial charge in [0.2, 0.25) is 0 Å². The van der Waals surface area contributed by atoms with Gasteiger partial charge in [0.25, 0.3) is 0 Å². The zero-order valence-corrected chi connectivity index (χ0v) is 52.9. The number of nitrogens with zero attached hydrogens (tertiary/aromatic N) is 4. The highest BCUT2D eigenvalue weighted by molar-refractivity contribution is 8.77. The molecule has 0 aliphatic carbocycles. The summed E-state index contributed by atoms with van der Waals surface area (Å²) in [6.45, 7) is 17.8. The van der Waals surface area contributed by atoms with Crippen LogP contribution >= 0.6 is 21.6 Å². The first-order chi connectivity index (χ1) is 42.0. The number of ketones is 1. The third-order valence-electron chi connectivity index (χ3n) is 18.7. The molecule has 5 unspecified atom stereocenters. The Labute approximate surface area is 519 Å². The fraction of sp³-hybridized carbons (Fsp3) is 0.794. The smallest absolute Gasteiger partial charge is 0.414 e. The molecular formula is C63H92N4O18S2. The van der Waals surface area contributed by atoms with Gasteiger partial charge in [-0.3, -0.25) is 14.5 Å². The van der Waals surface area contributed by atoms with Crippen LogP contribution in [-0.2, 0) is 82.5 Å². The first-order valence-electron chi connectivity index (χ1n) is 31.5. The maximum absolute atomic E-state index is 14.5. The largest absolute Gasteiger partial charge is 0.461 e. The Morgan fingerprint density at radius 2 is 1.53 bits per heavy atom. The highest BCUT2D eigenvalue weighted by Crippen LogP contribution is 2.55. The number of carbonyl (C=O) groups is 3. The summed E-state index contributed by atoms with van der Waals surface area (Å²) in [6, 6.07) is 7.11. The SMILES string of the molecule is C=C1C[C@@H]2CC[C@@]34CC5O[C@H]6[C@@H](O3)[C@H]3OC(CC[C@@H]3O[C@H]6C5O4)CC(=O)C[C@@H]3[C@@H](OC)[C@@H](C[C@H](O)CCC(=O)OCc4ccc(N(CCOCCOCCOCCN=[N+]=[N-])C(=O)OCC(C)(C)SSC)cc4)O[C@H]3CC3O[C@@H](CCC1O2)C[C@@H](C)C3=C. The number of carbonyl (C=O) groups excluding carboxylic acids is 3. The van der Waals surface area contributed by atoms with Crippen molar-refractivity contribution in [1.82, 2.24) is 0 Å². The molecule has 22 nitrogen and oxygen atoms in total. The van der Waals surface area contributed by atoms with Crippen LogP contribution in [0, 0.1) is 11.8 Å². The summed E-state index contributed by atoms with van der Waals surface area (Å²) in [6.07, 6.45) is 3.91. The van der Waals surface area contributed by atoms with Crippen LogP contribution in [0.2, 0.25) is 0 Å². The van der Waals surface area contributed by atoms with Crippen LogP contribution in [-0.4, -0.2) is 204 Å². The summed E-state index contributed by atoms with van der Waals surface area (Å²) in [5, 5.41) is 15.0. The van der Waals surface area contributed by atoms with Crippen LogP contribution in [0.25, 0.3) is 10.4 Å². The Bertz CT molecular complexity index is 2550. The number of methoxy groups -OCH3 is 1. The van der Waals surface area contributed by atoms with Crippen LogP contribution in [0.4, 0.5) is 10.5 Å². The second-order valence-electron chi connectivity index (χ2n) is 25.6. The Balaban J connectivity index is 0.744. The number of Topliss-reactive ketones (excluding diaryl/α,β-unsaturated/α-hetero) is 1. The van der Waals surface area contributed by atoms with E-state index in [1.54, 1.807) is 53.0 Å². The minimum absolute atomic E-state index is 0.00429. The second kappa shape index (κ2) is 30.8. The van der Waals surface area contributed by atoms with Gasteiger partial charge in [-0.15, -0.1) is 0 Å². The third kappa shape index (κ3) is 17.0. The summed E-state index contributed by atoms with van der Waals surface area (Å²) in [5.74, 6) is -1.46.